The van der Waals surface area contributed by atoms with E-state index in [9.17, 15) is 13.2 Å². The van der Waals surface area contributed by atoms with Crippen molar-refractivity contribution in [3.05, 3.63) is 53.2 Å². The third kappa shape index (κ3) is 2.91. The summed E-state index contributed by atoms with van der Waals surface area (Å²) in [5, 5.41) is -1.48. The van der Waals surface area contributed by atoms with Crippen molar-refractivity contribution in [1.29, 1.82) is 0 Å². The van der Waals surface area contributed by atoms with E-state index in [1.165, 1.54) is 19.2 Å². The number of fused-ring (bicyclic) bond motifs is 1. The van der Waals surface area contributed by atoms with Gasteiger partial charge >= 0.3 is 0 Å². The second-order valence-electron chi connectivity index (χ2n) is 5.70. The number of sulfone groups is 1. The molecule has 0 bridgehead atoms. The molecule has 1 aromatic heterocycles. The van der Waals surface area contributed by atoms with Gasteiger partial charge in [0.2, 0.25) is 15.7 Å². The van der Waals surface area contributed by atoms with Gasteiger partial charge in [0.25, 0.3) is 0 Å². The second-order valence-corrected chi connectivity index (χ2v) is 8.29. The Morgan fingerprint density at radius 3 is 2.75 bits per heavy atom. The summed E-state index contributed by atoms with van der Waals surface area (Å²) in [6, 6.07) is 10.6. The number of benzene rings is 1. The minimum absolute atomic E-state index is 0.0243. The molecule has 5 nitrogen and oxygen atoms in total. The number of hydrogen-bond acceptors (Lipinski definition) is 4. The fourth-order valence-corrected chi connectivity index (χ4v) is 4.58. The lowest BCUT2D eigenvalue weighted by Gasteiger charge is -2.31. The molecule has 3 rings (SSSR count). The fraction of sp³-hybridized carbons (Fsp3) is 0.294. The Balaban J connectivity index is 1.95. The van der Waals surface area contributed by atoms with Crippen LogP contribution in [0.1, 0.15) is 18.9 Å². The van der Waals surface area contributed by atoms with E-state index in [-0.39, 0.29) is 10.0 Å². The molecule has 0 unspecified atom stereocenters. The predicted octanol–water partition coefficient (Wildman–Crippen LogP) is 2.88. The minimum atomic E-state index is -3.96. The van der Waals surface area contributed by atoms with Crippen LogP contribution >= 0.6 is 11.6 Å². The molecule has 1 aliphatic rings. The fourth-order valence-electron chi connectivity index (χ4n) is 2.86. The number of hydrogen-bond donors (Lipinski definition) is 0. The van der Waals surface area contributed by atoms with Gasteiger partial charge < -0.3 is 4.90 Å². The van der Waals surface area contributed by atoms with E-state index in [1.807, 2.05) is 24.3 Å². The molecule has 0 spiro atoms. The Kier molecular flexibility index (Phi) is 4.60. The van der Waals surface area contributed by atoms with E-state index >= 15 is 0 Å². The van der Waals surface area contributed by atoms with E-state index in [0.717, 1.165) is 24.1 Å². The van der Waals surface area contributed by atoms with Crippen LogP contribution in [-0.2, 0) is 21.1 Å². The summed E-state index contributed by atoms with van der Waals surface area (Å²) in [5.41, 5.74) is 1.83. The van der Waals surface area contributed by atoms with E-state index in [2.05, 4.69) is 4.98 Å². The third-order valence-electron chi connectivity index (χ3n) is 4.18. The summed E-state index contributed by atoms with van der Waals surface area (Å²) in [7, 11) is -3.96. The molecule has 1 amide bonds. The van der Waals surface area contributed by atoms with E-state index < -0.39 is 21.0 Å². The first-order valence-corrected chi connectivity index (χ1v) is 9.59. The van der Waals surface area contributed by atoms with Crippen LogP contribution in [0.15, 0.2) is 47.6 Å². The second kappa shape index (κ2) is 6.53. The number of aryl methyl sites for hydroxylation is 1. The average molecular weight is 365 g/mol. The number of nitrogens with zero attached hydrogens (tertiary/aromatic N) is 2. The van der Waals surface area contributed by atoms with Crippen LogP contribution in [0.25, 0.3) is 0 Å². The molecular weight excluding hydrogens is 348 g/mol. The maximum atomic E-state index is 12.9. The Labute approximate surface area is 146 Å². The van der Waals surface area contributed by atoms with Gasteiger partial charge in [-0.2, -0.15) is 0 Å². The highest BCUT2D eigenvalue weighted by molar-refractivity contribution is 7.92. The molecule has 1 aromatic carbocycles. The van der Waals surface area contributed by atoms with Crippen molar-refractivity contribution < 1.29 is 13.2 Å². The Bertz CT molecular complexity index is 883. The molecular formula is C17H17ClN2O3S. The zero-order valence-electron chi connectivity index (χ0n) is 13.1. The number of aromatic nitrogens is 1. The van der Waals surface area contributed by atoms with Crippen molar-refractivity contribution in [2.24, 2.45) is 0 Å². The van der Waals surface area contributed by atoms with Crippen molar-refractivity contribution in [3.63, 3.8) is 0 Å². The first-order valence-electron chi connectivity index (χ1n) is 7.66. The molecule has 0 N–H and O–H groups in total. The monoisotopic (exact) mass is 364 g/mol. The largest absolute Gasteiger partial charge is 0.311 e. The van der Waals surface area contributed by atoms with Crippen molar-refractivity contribution in [2.45, 2.75) is 30.0 Å². The van der Waals surface area contributed by atoms with Gasteiger partial charge in [-0.1, -0.05) is 29.8 Å². The Morgan fingerprint density at radius 2 is 2.00 bits per heavy atom. The average Bonchev–Trinajstić information content (AvgIpc) is 2.60. The minimum Gasteiger partial charge on any atom is -0.311 e. The van der Waals surface area contributed by atoms with Crippen LogP contribution in [0.5, 0.6) is 0 Å². The first kappa shape index (κ1) is 16.9. The molecule has 0 aliphatic carbocycles. The maximum absolute atomic E-state index is 12.9. The van der Waals surface area contributed by atoms with Crippen molar-refractivity contribution in [2.75, 3.05) is 11.4 Å². The molecule has 0 fully saturated rings. The van der Waals surface area contributed by atoms with Crippen LogP contribution in [0, 0.1) is 0 Å². The van der Waals surface area contributed by atoms with E-state index in [4.69, 9.17) is 11.6 Å². The molecule has 1 aliphatic heterocycles. The number of anilines is 1. The van der Waals surface area contributed by atoms with Crippen LogP contribution < -0.4 is 4.90 Å². The van der Waals surface area contributed by atoms with Gasteiger partial charge in [-0.3, -0.25) is 4.79 Å². The molecule has 7 heteroatoms. The Hall–Kier alpha value is -1.92. The van der Waals surface area contributed by atoms with Crippen LogP contribution in [0.4, 0.5) is 5.69 Å². The number of carbonyl (C=O) groups excluding carboxylic acids is 1. The topological polar surface area (TPSA) is 67.3 Å². The summed E-state index contributed by atoms with van der Waals surface area (Å²) < 4.78 is 25.5. The highest BCUT2D eigenvalue weighted by Crippen LogP contribution is 2.29. The summed E-state index contributed by atoms with van der Waals surface area (Å²) in [6.45, 7) is 1.89. The highest BCUT2D eigenvalue weighted by Gasteiger charge is 2.36. The van der Waals surface area contributed by atoms with Gasteiger partial charge in [0.15, 0.2) is 5.03 Å². The van der Waals surface area contributed by atoms with E-state index in [1.54, 1.807) is 11.0 Å². The number of halogens is 1. The number of rotatable bonds is 3. The number of pyridine rings is 1. The lowest BCUT2D eigenvalue weighted by Crippen LogP contribution is -2.44. The normalized spacial score (nSPS) is 15.7. The molecule has 1 atom stereocenters. The number of para-hydroxylation sites is 1. The Morgan fingerprint density at radius 1 is 1.25 bits per heavy atom. The molecule has 0 saturated heterocycles. The lowest BCUT2D eigenvalue weighted by molar-refractivity contribution is -0.118. The SMILES string of the molecule is C[C@@H](C(=O)N1CCCc2ccccc21)S(=O)(=O)c1ncccc1Cl. The zero-order chi connectivity index (χ0) is 17.3. The predicted molar refractivity (Wildman–Crippen MR) is 93.0 cm³/mol. The summed E-state index contributed by atoms with van der Waals surface area (Å²) in [5.74, 6) is -0.455. The van der Waals surface area contributed by atoms with Crippen LogP contribution in [0.3, 0.4) is 0 Å². The van der Waals surface area contributed by atoms with Crippen LogP contribution in [0.2, 0.25) is 5.02 Å². The van der Waals surface area contributed by atoms with Gasteiger partial charge in [-0.15, -0.1) is 0 Å². The number of amides is 1. The zero-order valence-corrected chi connectivity index (χ0v) is 14.7. The summed E-state index contributed by atoms with van der Waals surface area (Å²) in [4.78, 5) is 18.3. The molecule has 2 heterocycles. The first-order chi connectivity index (χ1) is 11.4. The van der Waals surface area contributed by atoms with Gasteiger partial charge in [-0.05, 0) is 43.5 Å². The molecule has 2 aromatic rings. The molecule has 0 saturated carbocycles. The van der Waals surface area contributed by atoms with Gasteiger partial charge in [0.1, 0.15) is 5.25 Å². The smallest absolute Gasteiger partial charge is 0.245 e. The molecule has 24 heavy (non-hydrogen) atoms. The third-order valence-corrected chi connectivity index (χ3v) is 6.60. The van der Waals surface area contributed by atoms with Crippen molar-refractivity contribution in [3.8, 4) is 0 Å². The summed E-state index contributed by atoms with van der Waals surface area (Å²) in [6.07, 6.45) is 3.04. The van der Waals surface area contributed by atoms with E-state index in [0.29, 0.717) is 6.54 Å². The van der Waals surface area contributed by atoms with Gasteiger partial charge in [-0.25, -0.2) is 13.4 Å². The molecule has 0 radical (unpaired) electrons. The molecule has 126 valence electrons. The van der Waals surface area contributed by atoms with Crippen molar-refractivity contribution in [1.82, 2.24) is 4.98 Å². The van der Waals surface area contributed by atoms with Crippen LogP contribution in [-0.4, -0.2) is 31.1 Å². The van der Waals surface area contributed by atoms with Gasteiger partial charge in [0.05, 0.1) is 5.02 Å². The quantitative estimate of drug-likeness (QED) is 0.839. The highest BCUT2D eigenvalue weighted by atomic mass is 35.5. The number of carbonyl (C=O) groups is 1. The summed E-state index contributed by atoms with van der Waals surface area (Å²) >= 11 is 5.96. The lowest BCUT2D eigenvalue weighted by atomic mass is 10.0. The van der Waals surface area contributed by atoms with Gasteiger partial charge in [0, 0.05) is 18.4 Å². The standard InChI is InChI=1S/C17H17ClN2O3S/c1-12(24(22,23)16-14(18)8-4-10-19-16)17(21)20-11-5-7-13-6-2-3-9-15(13)20/h2-4,6,8-10,12H,5,7,11H2,1H3/t12-/m0/s1. The maximum Gasteiger partial charge on any atom is 0.245 e. The van der Waals surface area contributed by atoms with Crippen molar-refractivity contribution >= 4 is 33.0 Å².